The minimum absolute atomic E-state index is 0.0718. The van der Waals surface area contributed by atoms with E-state index in [4.69, 9.17) is 4.99 Å². The molecule has 0 radical (unpaired) electrons. The van der Waals surface area contributed by atoms with Crippen LogP contribution in [0.3, 0.4) is 0 Å². The van der Waals surface area contributed by atoms with Gasteiger partial charge in [0.2, 0.25) is 10.0 Å². The van der Waals surface area contributed by atoms with E-state index in [0.29, 0.717) is 11.4 Å². The van der Waals surface area contributed by atoms with Gasteiger partial charge < -0.3 is 10.2 Å². The zero-order valence-electron chi connectivity index (χ0n) is 15.7. The normalized spacial score (nSPS) is 16.1. The highest BCUT2D eigenvalue weighted by Gasteiger charge is 2.22. The third kappa shape index (κ3) is 4.95. The molecule has 0 aromatic heterocycles. The zero-order chi connectivity index (χ0) is 18.4. The summed E-state index contributed by atoms with van der Waals surface area (Å²) >= 11 is 0. The first-order chi connectivity index (χ1) is 11.9. The average Bonchev–Trinajstić information content (AvgIpc) is 3.12. The lowest BCUT2D eigenvalue weighted by Gasteiger charge is -2.21. The molecule has 0 aliphatic carbocycles. The Balaban J connectivity index is 2.10. The average molecular weight is 367 g/mol. The van der Waals surface area contributed by atoms with Crippen molar-refractivity contribution in [1.29, 1.82) is 0 Å². The Kier molecular flexibility index (Phi) is 6.84. The summed E-state index contributed by atoms with van der Waals surface area (Å²) in [6, 6.07) is 6.96. The van der Waals surface area contributed by atoms with E-state index in [-0.39, 0.29) is 6.04 Å². The molecule has 1 fully saturated rings. The van der Waals surface area contributed by atoms with Gasteiger partial charge in [-0.25, -0.2) is 13.4 Å². The van der Waals surface area contributed by atoms with Gasteiger partial charge in [-0.1, -0.05) is 12.1 Å². The maximum Gasteiger partial charge on any atom is 0.243 e. The molecule has 1 heterocycles. The van der Waals surface area contributed by atoms with Crippen molar-refractivity contribution < 1.29 is 8.42 Å². The molecule has 140 valence electrons. The maximum absolute atomic E-state index is 12.5. The monoisotopic (exact) mass is 366 g/mol. The molecule has 1 aliphatic heterocycles. The molecule has 0 spiro atoms. The van der Waals surface area contributed by atoms with Gasteiger partial charge in [0.15, 0.2) is 5.96 Å². The Labute approximate surface area is 152 Å². The fraction of sp³-hybridized carbons (Fsp3) is 0.611. The van der Waals surface area contributed by atoms with Crippen LogP contribution < -0.4 is 5.32 Å². The van der Waals surface area contributed by atoms with Gasteiger partial charge in [-0.05, 0) is 51.3 Å². The van der Waals surface area contributed by atoms with Crippen LogP contribution in [-0.2, 0) is 16.6 Å². The number of benzene rings is 1. The first-order valence-electron chi connectivity index (χ1n) is 8.96. The smallest absolute Gasteiger partial charge is 0.243 e. The number of rotatable bonds is 6. The van der Waals surface area contributed by atoms with Crippen molar-refractivity contribution >= 4 is 16.0 Å². The molecule has 6 nitrogen and oxygen atoms in total. The molecule has 1 aromatic rings. The summed E-state index contributed by atoms with van der Waals surface area (Å²) < 4.78 is 26.4. The van der Waals surface area contributed by atoms with Crippen molar-refractivity contribution in [2.45, 2.75) is 51.1 Å². The molecule has 7 heteroatoms. The molecule has 25 heavy (non-hydrogen) atoms. The van der Waals surface area contributed by atoms with Crippen LogP contribution in [-0.4, -0.2) is 56.3 Å². The van der Waals surface area contributed by atoms with Crippen LogP contribution >= 0.6 is 0 Å². The van der Waals surface area contributed by atoms with Gasteiger partial charge in [0.25, 0.3) is 0 Å². The highest BCUT2D eigenvalue weighted by Crippen LogP contribution is 2.17. The van der Waals surface area contributed by atoms with Gasteiger partial charge in [-0.2, -0.15) is 4.31 Å². The summed E-state index contributed by atoms with van der Waals surface area (Å²) in [6.45, 7) is 9.27. The molecule has 2 rings (SSSR count). The van der Waals surface area contributed by atoms with Gasteiger partial charge in [0.1, 0.15) is 0 Å². The Bertz CT molecular complexity index is 678. The number of hydrogen-bond donors (Lipinski definition) is 1. The van der Waals surface area contributed by atoms with Gasteiger partial charge in [-0.3, -0.25) is 0 Å². The van der Waals surface area contributed by atoms with Crippen LogP contribution in [0.15, 0.2) is 34.2 Å². The highest BCUT2D eigenvalue weighted by molar-refractivity contribution is 7.89. The van der Waals surface area contributed by atoms with E-state index in [2.05, 4.69) is 17.1 Å². The van der Waals surface area contributed by atoms with Crippen molar-refractivity contribution in [3.05, 3.63) is 29.8 Å². The van der Waals surface area contributed by atoms with Crippen molar-refractivity contribution in [2.75, 3.05) is 26.7 Å². The fourth-order valence-electron chi connectivity index (χ4n) is 2.73. The predicted molar refractivity (Wildman–Crippen MR) is 102 cm³/mol. The second kappa shape index (κ2) is 8.67. The van der Waals surface area contributed by atoms with Crippen LogP contribution in [0.5, 0.6) is 0 Å². The van der Waals surface area contributed by atoms with Crippen LogP contribution in [0.1, 0.15) is 39.2 Å². The van der Waals surface area contributed by atoms with Gasteiger partial charge in [0, 0.05) is 32.7 Å². The van der Waals surface area contributed by atoms with E-state index in [1.54, 1.807) is 19.2 Å². The van der Waals surface area contributed by atoms with Gasteiger partial charge >= 0.3 is 0 Å². The summed E-state index contributed by atoms with van der Waals surface area (Å²) in [5.41, 5.74) is 1.00. The summed E-state index contributed by atoms with van der Waals surface area (Å²) in [5.74, 6) is 0.941. The minimum atomic E-state index is -3.43. The number of likely N-dealkylation sites (tertiary alicyclic amines) is 1. The molecular formula is C18H30N4O2S. The number of nitrogens with one attached hydrogen (secondary N) is 1. The van der Waals surface area contributed by atoms with Crippen molar-refractivity contribution in [2.24, 2.45) is 4.99 Å². The molecule has 0 bridgehead atoms. The maximum atomic E-state index is 12.5. The van der Waals surface area contributed by atoms with Crippen LogP contribution in [0, 0.1) is 0 Å². The molecular weight excluding hydrogens is 336 g/mol. The van der Waals surface area contributed by atoms with E-state index >= 15 is 0 Å². The summed E-state index contributed by atoms with van der Waals surface area (Å²) in [5, 5.41) is 3.33. The van der Waals surface area contributed by atoms with E-state index in [1.165, 1.54) is 17.1 Å². The van der Waals surface area contributed by atoms with Gasteiger partial charge in [-0.15, -0.1) is 0 Å². The van der Waals surface area contributed by atoms with Crippen molar-refractivity contribution in [3.63, 3.8) is 0 Å². The first-order valence-corrected chi connectivity index (χ1v) is 10.4. The van der Waals surface area contributed by atoms with Crippen molar-refractivity contribution in [3.8, 4) is 0 Å². The predicted octanol–water partition coefficient (Wildman–Crippen LogP) is 2.28. The number of guanidine groups is 1. The molecule has 1 N–H and O–H groups in total. The Morgan fingerprint density at radius 1 is 1.24 bits per heavy atom. The molecule has 0 unspecified atom stereocenters. The second-order valence-corrected chi connectivity index (χ2v) is 8.62. The van der Waals surface area contributed by atoms with Crippen LogP contribution in [0.2, 0.25) is 0 Å². The lowest BCUT2D eigenvalue weighted by molar-refractivity contribution is 0.410. The minimum Gasteiger partial charge on any atom is -0.357 e. The largest absolute Gasteiger partial charge is 0.357 e. The fourth-order valence-corrected chi connectivity index (χ4v) is 4.10. The summed E-state index contributed by atoms with van der Waals surface area (Å²) in [4.78, 5) is 7.29. The SMILES string of the molecule is CCNC(=NCc1ccc(S(=O)(=O)N(C)C(C)C)cc1)N1CCCC1. The Hall–Kier alpha value is -1.60. The Morgan fingerprint density at radius 2 is 1.84 bits per heavy atom. The lowest BCUT2D eigenvalue weighted by Crippen LogP contribution is -2.39. The van der Waals surface area contributed by atoms with Crippen molar-refractivity contribution in [1.82, 2.24) is 14.5 Å². The van der Waals surface area contributed by atoms with Crippen LogP contribution in [0.4, 0.5) is 0 Å². The standard InChI is InChI=1S/C18H30N4O2S/c1-5-19-18(22-12-6-7-13-22)20-14-16-8-10-17(11-9-16)25(23,24)21(4)15(2)3/h8-11,15H,5-7,12-14H2,1-4H3,(H,19,20). The molecule has 1 aromatic carbocycles. The van der Waals surface area contributed by atoms with E-state index in [9.17, 15) is 8.42 Å². The van der Waals surface area contributed by atoms with E-state index < -0.39 is 10.0 Å². The molecule has 0 saturated carbocycles. The molecule has 1 saturated heterocycles. The lowest BCUT2D eigenvalue weighted by atomic mass is 10.2. The number of nitrogens with zero attached hydrogens (tertiary/aromatic N) is 3. The number of aliphatic imine (C=N–C) groups is 1. The first kappa shape index (κ1) is 19.7. The van der Waals surface area contributed by atoms with Crippen LogP contribution in [0.25, 0.3) is 0 Å². The molecule has 1 aliphatic rings. The summed E-state index contributed by atoms with van der Waals surface area (Å²) in [7, 11) is -1.82. The second-order valence-electron chi connectivity index (χ2n) is 6.62. The molecule has 0 amide bonds. The third-order valence-corrected chi connectivity index (χ3v) is 6.53. The Morgan fingerprint density at radius 3 is 2.36 bits per heavy atom. The topological polar surface area (TPSA) is 65.0 Å². The van der Waals surface area contributed by atoms with E-state index in [0.717, 1.165) is 31.2 Å². The number of sulfonamides is 1. The van der Waals surface area contributed by atoms with Gasteiger partial charge in [0.05, 0.1) is 11.4 Å². The third-order valence-electron chi connectivity index (χ3n) is 4.48. The molecule has 0 atom stereocenters. The number of hydrogen-bond acceptors (Lipinski definition) is 3. The summed E-state index contributed by atoms with van der Waals surface area (Å²) in [6.07, 6.45) is 2.42. The highest BCUT2D eigenvalue weighted by atomic mass is 32.2. The quantitative estimate of drug-likeness (QED) is 0.620. The zero-order valence-corrected chi connectivity index (χ0v) is 16.5. The van der Waals surface area contributed by atoms with E-state index in [1.807, 2.05) is 26.0 Å².